The van der Waals surface area contributed by atoms with E-state index >= 15 is 0 Å². The van der Waals surface area contributed by atoms with Gasteiger partial charge in [0, 0.05) is 44.7 Å². The van der Waals surface area contributed by atoms with Crippen molar-refractivity contribution in [3.63, 3.8) is 0 Å². The van der Waals surface area contributed by atoms with Crippen molar-refractivity contribution in [1.29, 1.82) is 0 Å². The number of hydrogen-bond acceptors (Lipinski definition) is 8. The second-order valence-corrected chi connectivity index (χ2v) is 12.9. The fourth-order valence-corrected chi connectivity index (χ4v) is 7.23. The van der Waals surface area contributed by atoms with E-state index in [4.69, 9.17) is 10.5 Å². The van der Waals surface area contributed by atoms with Gasteiger partial charge in [-0.2, -0.15) is 0 Å². The fourth-order valence-electron chi connectivity index (χ4n) is 6.24. The van der Waals surface area contributed by atoms with Crippen LogP contribution in [0.4, 0.5) is 5.69 Å². The van der Waals surface area contributed by atoms with Crippen molar-refractivity contribution >= 4 is 56.6 Å². The molecule has 0 bridgehead atoms. The number of amides is 3. The zero-order valence-electron chi connectivity index (χ0n) is 25.5. The third-order valence-electron chi connectivity index (χ3n) is 8.86. The lowest BCUT2D eigenvalue weighted by atomic mass is 10.00. The fraction of sp³-hybridized carbons (Fsp3) is 0.265. The van der Waals surface area contributed by atoms with Crippen LogP contribution in [0.25, 0.3) is 10.1 Å². The standard InChI is InChI=1S/C34H33N5O6S/c1-20(40)45-38-30(35)26-18-46-28-15-22(11-14-25(26)28)37-32(43)27-16-33(2)19-34(33,3)39(27)29(41)17-36-31(42)21-9-12-24(13-10-21)44-23-7-5-4-6-8-23/h4-15,18,27H,16-17,19H2,1-3H3,(H2,35,38)(H,36,42)(H,37,43)/t27-,33+,34?/m0/s1. The number of oxime groups is 1. The van der Waals surface area contributed by atoms with E-state index in [1.54, 1.807) is 46.7 Å². The van der Waals surface area contributed by atoms with Gasteiger partial charge in [0.1, 0.15) is 17.5 Å². The summed E-state index contributed by atoms with van der Waals surface area (Å²) in [4.78, 5) is 57.5. The SMILES string of the molecule is CC(=O)O/N=C(\N)c1csc2cc(NC(=O)[C@@H]3C[C@]4(C)CC4(C)N3C(=O)CNC(=O)c3ccc(Oc4ccccc4)cc3)ccc12. The van der Waals surface area contributed by atoms with Gasteiger partial charge in [0.05, 0.1) is 6.54 Å². The number of thiophene rings is 1. The molecule has 6 rings (SSSR count). The number of hydrogen-bond donors (Lipinski definition) is 3. The van der Waals surface area contributed by atoms with Gasteiger partial charge in [-0.3, -0.25) is 14.4 Å². The normalized spacial score (nSPS) is 21.8. The Bertz CT molecular complexity index is 1870. The number of anilines is 1. The van der Waals surface area contributed by atoms with E-state index in [1.807, 2.05) is 43.3 Å². The highest BCUT2D eigenvalue weighted by atomic mass is 32.1. The van der Waals surface area contributed by atoms with Crippen molar-refractivity contribution in [2.24, 2.45) is 16.3 Å². The third-order valence-corrected chi connectivity index (χ3v) is 9.80. The molecule has 4 N–H and O–H groups in total. The predicted molar refractivity (Wildman–Crippen MR) is 175 cm³/mol. The van der Waals surface area contributed by atoms with Crippen molar-refractivity contribution in [2.45, 2.75) is 45.2 Å². The van der Waals surface area contributed by atoms with Crippen LogP contribution in [0.15, 0.2) is 83.3 Å². The summed E-state index contributed by atoms with van der Waals surface area (Å²) in [6, 6.07) is 20.7. The summed E-state index contributed by atoms with van der Waals surface area (Å²) in [5, 5.41) is 11.9. The van der Waals surface area contributed by atoms with E-state index in [0.29, 0.717) is 34.7 Å². The number of piperidine rings is 1. The van der Waals surface area contributed by atoms with Crippen LogP contribution < -0.4 is 21.1 Å². The maximum atomic E-state index is 13.6. The van der Waals surface area contributed by atoms with Crippen molar-refractivity contribution in [1.82, 2.24) is 10.2 Å². The number of nitrogens with zero attached hydrogens (tertiary/aromatic N) is 2. The van der Waals surface area contributed by atoms with Crippen molar-refractivity contribution in [2.75, 3.05) is 11.9 Å². The van der Waals surface area contributed by atoms with Gasteiger partial charge in [0.15, 0.2) is 5.84 Å². The highest BCUT2D eigenvalue weighted by Gasteiger charge is 2.73. The third kappa shape index (κ3) is 5.91. The average Bonchev–Trinajstić information content (AvgIpc) is 3.27. The number of para-hydroxylation sites is 1. The Morgan fingerprint density at radius 2 is 1.74 bits per heavy atom. The molecule has 0 spiro atoms. The van der Waals surface area contributed by atoms with Crippen LogP contribution in [0.3, 0.4) is 0 Å². The Morgan fingerprint density at radius 1 is 1.02 bits per heavy atom. The van der Waals surface area contributed by atoms with Crippen molar-refractivity contribution < 1.29 is 28.8 Å². The molecule has 3 aromatic carbocycles. The summed E-state index contributed by atoms with van der Waals surface area (Å²) >= 11 is 1.41. The number of ether oxygens (including phenoxy) is 1. The Balaban J connectivity index is 1.10. The van der Waals surface area contributed by atoms with Gasteiger partial charge >= 0.3 is 5.97 Å². The number of benzene rings is 3. The number of nitrogens with two attached hydrogens (primary N) is 1. The van der Waals surface area contributed by atoms with Crippen LogP contribution in [0.1, 0.15) is 49.5 Å². The summed E-state index contributed by atoms with van der Waals surface area (Å²) < 4.78 is 6.63. The van der Waals surface area contributed by atoms with Gasteiger partial charge in [0.2, 0.25) is 11.8 Å². The molecule has 1 aromatic heterocycles. The number of carbonyl (C=O) groups excluding carboxylic acids is 4. The highest BCUT2D eigenvalue weighted by Crippen LogP contribution is 2.67. The van der Waals surface area contributed by atoms with Crippen LogP contribution in [0, 0.1) is 5.41 Å². The molecule has 2 aliphatic rings. The van der Waals surface area contributed by atoms with Gasteiger partial charge in [-0.15, -0.1) is 11.3 Å². The van der Waals surface area contributed by atoms with Crippen LogP contribution in [0.2, 0.25) is 0 Å². The second kappa shape index (κ2) is 11.9. The molecule has 11 nitrogen and oxygen atoms in total. The monoisotopic (exact) mass is 639 g/mol. The molecule has 4 aromatic rings. The molecule has 1 aliphatic carbocycles. The molecule has 12 heteroatoms. The lowest BCUT2D eigenvalue weighted by molar-refractivity contribution is -0.141. The van der Waals surface area contributed by atoms with E-state index in [1.165, 1.54) is 18.3 Å². The molecule has 46 heavy (non-hydrogen) atoms. The first-order chi connectivity index (χ1) is 22.0. The molecule has 236 valence electrons. The number of nitrogens with one attached hydrogen (secondary N) is 2. The van der Waals surface area contributed by atoms with Crippen molar-refractivity contribution in [3.8, 4) is 11.5 Å². The minimum absolute atomic E-state index is 0.0697. The Labute approximate surface area is 269 Å². The topological polar surface area (TPSA) is 152 Å². The van der Waals surface area contributed by atoms with E-state index in [0.717, 1.165) is 16.5 Å². The van der Waals surface area contributed by atoms with Gasteiger partial charge in [0.25, 0.3) is 5.91 Å². The first kappa shape index (κ1) is 30.8. The number of likely N-dealkylation sites (tertiary alicyclic amines) is 1. The van der Waals surface area contributed by atoms with Gasteiger partial charge in [-0.1, -0.05) is 36.3 Å². The highest BCUT2D eigenvalue weighted by molar-refractivity contribution is 7.17. The molecular weight excluding hydrogens is 606 g/mol. The molecule has 2 heterocycles. The maximum Gasteiger partial charge on any atom is 0.332 e. The van der Waals surface area contributed by atoms with E-state index < -0.39 is 23.5 Å². The zero-order chi connectivity index (χ0) is 32.6. The summed E-state index contributed by atoms with van der Waals surface area (Å²) in [6.07, 6.45) is 1.30. The van der Waals surface area contributed by atoms with Gasteiger partial charge in [-0.25, -0.2) is 4.79 Å². The minimum atomic E-state index is -0.691. The summed E-state index contributed by atoms with van der Waals surface area (Å²) in [5.74, 6) is -0.246. The molecule has 1 unspecified atom stereocenters. The second-order valence-electron chi connectivity index (χ2n) is 12.0. The minimum Gasteiger partial charge on any atom is -0.457 e. The van der Waals surface area contributed by atoms with Crippen molar-refractivity contribution in [3.05, 3.63) is 89.3 Å². The van der Waals surface area contributed by atoms with Crippen LogP contribution in [-0.4, -0.2) is 52.6 Å². The maximum absolute atomic E-state index is 13.6. The molecule has 1 aliphatic heterocycles. The molecule has 3 atom stereocenters. The number of amidine groups is 1. The molecule has 1 saturated carbocycles. The predicted octanol–water partition coefficient (Wildman–Crippen LogP) is 5.02. The lowest BCUT2D eigenvalue weighted by Gasteiger charge is -2.31. The first-order valence-corrected chi connectivity index (χ1v) is 15.6. The summed E-state index contributed by atoms with van der Waals surface area (Å²) in [5.41, 5.74) is 6.90. The summed E-state index contributed by atoms with van der Waals surface area (Å²) in [6.45, 7) is 5.07. The van der Waals surface area contributed by atoms with Gasteiger partial charge in [-0.05, 0) is 73.7 Å². The first-order valence-electron chi connectivity index (χ1n) is 14.7. The summed E-state index contributed by atoms with van der Waals surface area (Å²) in [7, 11) is 0. The number of carbonyl (C=O) groups is 4. The lowest BCUT2D eigenvalue weighted by Crippen LogP contribution is -2.52. The van der Waals surface area contributed by atoms with Crippen LogP contribution in [-0.2, 0) is 19.2 Å². The van der Waals surface area contributed by atoms with E-state index in [9.17, 15) is 19.2 Å². The Hall–Kier alpha value is -5.23. The molecule has 3 amide bonds. The van der Waals surface area contributed by atoms with E-state index in [2.05, 4.69) is 27.6 Å². The average molecular weight is 640 g/mol. The van der Waals surface area contributed by atoms with E-state index in [-0.39, 0.29) is 29.6 Å². The van der Waals surface area contributed by atoms with Crippen LogP contribution in [0.5, 0.6) is 11.5 Å². The smallest absolute Gasteiger partial charge is 0.332 e. The van der Waals surface area contributed by atoms with Gasteiger partial charge < -0.3 is 30.8 Å². The largest absolute Gasteiger partial charge is 0.457 e. The molecular formula is C34H33N5O6S. The molecule has 0 radical (unpaired) electrons. The zero-order valence-corrected chi connectivity index (χ0v) is 26.4. The van der Waals surface area contributed by atoms with Crippen LogP contribution >= 0.6 is 11.3 Å². The number of rotatable bonds is 9. The Kier molecular flexibility index (Phi) is 7.99. The quantitative estimate of drug-likeness (QED) is 0.101. The Morgan fingerprint density at radius 3 is 2.46 bits per heavy atom. The molecule has 1 saturated heterocycles. The molecule has 2 fully saturated rings. The number of fused-ring (bicyclic) bond motifs is 2.